The fourth-order valence-electron chi connectivity index (χ4n) is 3.86. The maximum absolute atomic E-state index is 14.1. The zero-order valence-corrected chi connectivity index (χ0v) is 15.8. The van der Waals surface area contributed by atoms with E-state index >= 15 is 0 Å². The van der Waals surface area contributed by atoms with Gasteiger partial charge in [0.05, 0.1) is 10.5 Å². The summed E-state index contributed by atoms with van der Waals surface area (Å²) in [5.41, 5.74) is -0.206. The molecule has 2 fully saturated rings. The normalized spacial score (nSPS) is 20.0. The summed E-state index contributed by atoms with van der Waals surface area (Å²) in [6, 6.07) is 3.39. The fraction of sp³-hybridized carbons (Fsp3) is 0.632. The van der Waals surface area contributed by atoms with Crippen molar-refractivity contribution >= 4 is 15.9 Å². The molecule has 3 rings (SSSR count). The second kappa shape index (κ2) is 8.48. The van der Waals surface area contributed by atoms with E-state index in [1.807, 2.05) is 0 Å². The summed E-state index contributed by atoms with van der Waals surface area (Å²) in [5, 5.41) is 2.84. The highest BCUT2D eigenvalue weighted by atomic mass is 32.2. The summed E-state index contributed by atoms with van der Waals surface area (Å²) in [4.78, 5) is 12.4. The second-order valence-electron chi connectivity index (χ2n) is 7.41. The summed E-state index contributed by atoms with van der Waals surface area (Å²) in [5.74, 6) is -1.24. The van der Waals surface area contributed by atoms with Gasteiger partial charge in [0.15, 0.2) is 0 Å². The molecule has 0 atom stereocenters. The van der Waals surface area contributed by atoms with Crippen molar-refractivity contribution in [2.45, 2.75) is 81.2 Å². The number of sulfonamides is 1. The van der Waals surface area contributed by atoms with Crippen LogP contribution in [0.5, 0.6) is 0 Å². The second-order valence-corrected chi connectivity index (χ2v) is 9.12. The van der Waals surface area contributed by atoms with E-state index in [9.17, 15) is 17.6 Å². The molecule has 1 aromatic carbocycles. The number of halogens is 1. The van der Waals surface area contributed by atoms with Crippen LogP contribution in [-0.4, -0.2) is 26.4 Å². The molecule has 5 nitrogen and oxygen atoms in total. The molecule has 0 saturated heterocycles. The van der Waals surface area contributed by atoms with Crippen molar-refractivity contribution in [3.8, 4) is 0 Å². The number of nitrogens with one attached hydrogen (secondary N) is 2. The first-order valence-corrected chi connectivity index (χ1v) is 11.1. The van der Waals surface area contributed by atoms with Crippen LogP contribution >= 0.6 is 0 Å². The molecule has 2 N–H and O–H groups in total. The molecule has 0 unspecified atom stereocenters. The fourth-order valence-corrected chi connectivity index (χ4v) is 5.19. The Morgan fingerprint density at radius 1 is 0.923 bits per heavy atom. The first-order chi connectivity index (χ1) is 12.5. The van der Waals surface area contributed by atoms with Crippen molar-refractivity contribution in [2.75, 3.05) is 0 Å². The van der Waals surface area contributed by atoms with Crippen molar-refractivity contribution < 1.29 is 17.6 Å². The van der Waals surface area contributed by atoms with Gasteiger partial charge in [-0.3, -0.25) is 4.79 Å². The van der Waals surface area contributed by atoms with Crippen molar-refractivity contribution in [1.29, 1.82) is 0 Å². The number of hydrogen-bond acceptors (Lipinski definition) is 3. The van der Waals surface area contributed by atoms with Crippen LogP contribution in [0.4, 0.5) is 4.39 Å². The van der Waals surface area contributed by atoms with Crippen LogP contribution in [0.3, 0.4) is 0 Å². The van der Waals surface area contributed by atoms with Crippen LogP contribution in [0, 0.1) is 5.82 Å². The molecule has 2 aliphatic rings. The first-order valence-electron chi connectivity index (χ1n) is 9.58. The molecule has 0 radical (unpaired) electrons. The van der Waals surface area contributed by atoms with Crippen LogP contribution in [0.1, 0.15) is 74.6 Å². The maximum Gasteiger partial charge on any atom is 0.254 e. The number of carbonyl (C=O) groups excluding carboxylic acids is 1. The molecule has 1 aromatic rings. The molecule has 2 aliphatic carbocycles. The molecule has 2 saturated carbocycles. The molecule has 0 aliphatic heterocycles. The van der Waals surface area contributed by atoms with Gasteiger partial charge >= 0.3 is 0 Å². The Morgan fingerprint density at radius 3 is 2.12 bits per heavy atom. The summed E-state index contributed by atoms with van der Waals surface area (Å²) in [6.07, 6.45) is 9.78. The number of carbonyl (C=O) groups is 1. The van der Waals surface area contributed by atoms with Crippen LogP contribution in [-0.2, 0) is 10.0 Å². The SMILES string of the molecule is O=C(NC1CCCCC1)c1cc(S(=O)(=O)NC2CCCCC2)ccc1F. The van der Waals surface area contributed by atoms with Gasteiger partial charge in [-0.1, -0.05) is 38.5 Å². The minimum Gasteiger partial charge on any atom is -0.349 e. The number of rotatable bonds is 5. The molecule has 1 amide bonds. The van der Waals surface area contributed by atoms with Crippen LogP contribution in [0.15, 0.2) is 23.1 Å². The van der Waals surface area contributed by atoms with E-state index in [0.29, 0.717) is 0 Å². The van der Waals surface area contributed by atoms with Crippen LogP contribution < -0.4 is 10.0 Å². The van der Waals surface area contributed by atoms with Crippen LogP contribution in [0.2, 0.25) is 0 Å². The smallest absolute Gasteiger partial charge is 0.254 e. The molecule has 7 heteroatoms. The first kappa shape index (κ1) is 19.3. The summed E-state index contributed by atoms with van der Waals surface area (Å²) in [6.45, 7) is 0. The number of benzene rings is 1. The largest absolute Gasteiger partial charge is 0.349 e. The van der Waals surface area contributed by atoms with Crippen molar-refractivity contribution in [3.63, 3.8) is 0 Å². The van der Waals surface area contributed by atoms with Gasteiger partial charge in [-0.2, -0.15) is 0 Å². The topological polar surface area (TPSA) is 75.3 Å². The van der Waals surface area contributed by atoms with Gasteiger partial charge in [0.25, 0.3) is 5.91 Å². The Kier molecular flexibility index (Phi) is 6.29. The van der Waals surface area contributed by atoms with Gasteiger partial charge in [-0.25, -0.2) is 17.5 Å². The Bertz CT molecular complexity index is 739. The Hall–Kier alpha value is -1.47. The van der Waals surface area contributed by atoms with Gasteiger partial charge in [0.1, 0.15) is 5.82 Å². The molecule has 0 bridgehead atoms. The highest BCUT2D eigenvalue weighted by molar-refractivity contribution is 7.89. The van der Waals surface area contributed by atoms with Crippen LogP contribution in [0.25, 0.3) is 0 Å². The zero-order chi connectivity index (χ0) is 18.6. The lowest BCUT2D eigenvalue weighted by Crippen LogP contribution is -2.37. The zero-order valence-electron chi connectivity index (χ0n) is 15.0. The van der Waals surface area contributed by atoms with E-state index < -0.39 is 21.7 Å². The van der Waals surface area contributed by atoms with Gasteiger partial charge < -0.3 is 5.32 Å². The third kappa shape index (κ3) is 4.82. The van der Waals surface area contributed by atoms with Gasteiger partial charge in [-0.15, -0.1) is 0 Å². The number of hydrogen-bond donors (Lipinski definition) is 2. The lowest BCUT2D eigenvalue weighted by molar-refractivity contribution is 0.0923. The third-order valence-corrected chi connectivity index (χ3v) is 6.88. The lowest BCUT2D eigenvalue weighted by atomic mass is 9.95. The van der Waals surface area contributed by atoms with Crippen molar-refractivity contribution in [1.82, 2.24) is 10.0 Å². The van der Waals surface area contributed by atoms with E-state index in [1.165, 1.54) is 6.07 Å². The summed E-state index contributed by atoms with van der Waals surface area (Å²) < 4.78 is 42.1. The Labute approximate surface area is 154 Å². The minimum absolute atomic E-state index is 0.0382. The van der Waals surface area contributed by atoms with Crippen molar-refractivity contribution in [2.24, 2.45) is 0 Å². The van der Waals surface area contributed by atoms with E-state index in [2.05, 4.69) is 10.0 Å². The van der Waals surface area contributed by atoms with E-state index in [-0.39, 0.29) is 22.5 Å². The van der Waals surface area contributed by atoms with Crippen molar-refractivity contribution in [3.05, 3.63) is 29.6 Å². The molecular formula is C19H27FN2O3S. The molecule has 0 aromatic heterocycles. The molecule has 144 valence electrons. The predicted molar refractivity (Wildman–Crippen MR) is 97.9 cm³/mol. The highest BCUT2D eigenvalue weighted by Gasteiger charge is 2.25. The van der Waals surface area contributed by atoms with Gasteiger partial charge in [0.2, 0.25) is 10.0 Å². The molecule has 0 spiro atoms. The molecular weight excluding hydrogens is 355 g/mol. The molecule has 26 heavy (non-hydrogen) atoms. The van der Waals surface area contributed by atoms with E-state index in [0.717, 1.165) is 76.3 Å². The average Bonchev–Trinajstić information content (AvgIpc) is 2.63. The third-order valence-electron chi connectivity index (χ3n) is 5.36. The lowest BCUT2D eigenvalue weighted by Gasteiger charge is -2.23. The number of amides is 1. The summed E-state index contributed by atoms with van der Waals surface area (Å²) >= 11 is 0. The summed E-state index contributed by atoms with van der Waals surface area (Å²) in [7, 11) is -3.76. The average molecular weight is 383 g/mol. The van der Waals surface area contributed by atoms with Gasteiger partial charge in [-0.05, 0) is 43.9 Å². The quantitative estimate of drug-likeness (QED) is 0.818. The predicted octanol–water partition coefficient (Wildman–Crippen LogP) is 3.50. The standard InChI is InChI=1S/C19H27FN2O3S/c20-18-12-11-16(26(24,25)22-15-9-5-2-6-10-15)13-17(18)19(23)21-14-7-3-1-4-8-14/h11-15,22H,1-10H2,(H,21,23). The van der Waals surface area contributed by atoms with E-state index in [4.69, 9.17) is 0 Å². The monoisotopic (exact) mass is 382 g/mol. The maximum atomic E-state index is 14.1. The Morgan fingerprint density at radius 2 is 1.50 bits per heavy atom. The van der Waals surface area contributed by atoms with Gasteiger partial charge in [0, 0.05) is 12.1 Å². The molecule has 0 heterocycles. The highest BCUT2D eigenvalue weighted by Crippen LogP contribution is 2.22. The van der Waals surface area contributed by atoms with E-state index in [1.54, 1.807) is 0 Å². The minimum atomic E-state index is -3.76. The Balaban J connectivity index is 1.74.